The van der Waals surface area contributed by atoms with Gasteiger partial charge < -0.3 is 5.11 Å². The van der Waals surface area contributed by atoms with Crippen LogP contribution in [0.25, 0.3) is 0 Å². The Morgan fingerprint density at radius 2 is 0.675 bits per heavy atom. The molecule has 0 spiro atoms. The molecule has 0 aromatic heterocycles. The van der Waals surface area contributed by atoms with Crippen LogP contribution in [0, 0.1) is 0 Å². The summed E-state index contributed by atoms with van der Waals surface area (Å²) in [4.78, 5) is 0. The molecule has 0 bridgehead atoms. The van der Waals surface area contributed by atoms with E-state index in [1.807, 2.05) is 0 Å². The summed E-state index contributed by atoms with van der Waals surface area (Å²) in [6.45, 7) is -0.0141. The van der Waals surface area contributed by atoms with Crippen LogP contribution in [0.5, 0.6) is 0 Å². The largest absolute Gasteiger partial charge is 0.416 e. The van der Waals surface area contributed by atoms with Gasteiger partial charge in [-0.15, -0.1) is 0 Å². The summed E-state index contributed by atoms with van der Waals surface area (Å²) >= 11 is 0. The van der Waals surface area contributed by atoms with E-state index in [9.17, 15) is 39.5 Å². The molecule has 218 valence electrons. The predicted molar refractivity (Wildman–Crippen MR) is 134 cm³/mol. The van der Waals surface area contributed by atoms with Crippen LogP contribution in [0.15, 0.2) is 72.8 Å². The minimum atomic E-state index is -5.05. The van der Waals surface area contributed by atoms with Crippen LogP contribution in [-0.4, -0.2) is 11.7 Å². The summed E-state index contributed by atoms with van der Waals surface area (Å²) in [5.41, 5.74) is -8.34. The van der Waals surface area contributed by atoms with Gasteiger partial charge in [-0.1, -0.05) is 86.7 Å². The third-order valence-corrected chi connectivity index (χ3v) is 7.04. The second-order valence-corrected chi connectivity index (χ2v) is 9.63. The normalized spacial score (nSPS) is 13.1. The molecular weight excluding hydrogens is 547 g/mol. The molecule has 0 aliphatic carbocycles. The Bertz CT molecular complexity index is 1100. The molecule has 3 aromatic rings. The van der Waals surface area contributed by atoms with Crippen molar-refractivity contribution < 1.29 is 44.6 Å². The Balaban J connectivity index is 2.41. The van der Waals surface area contributed by atoms with Crippen LogP contribution in [-0.2, 0) is 23.9 Å². The van der Waals surface area contributed by atoms with Crippen LogP contribution in [0.3, 0.4) is 0 Å². The fourth-order valence-electron chi connectivity index (χ4n) is 5.36. The molecule has 0 saturated heterocycles. The van der Waals surface area contributed by atoms with Gasteiger partial charge in [0.15, 0.2) is 0 Å². The number of hydrogen-bond acceptors (Lipinski definition) is 1. The molecule has 0 fully saturated rings. The molecular formula is C30H29F9O. The van der Waals surface area contributed by atoms with Crippen molar-refractivity contribution in [3.8, 4) is 0 Å². The number of aliphatic hydroxyl groups excluding tert-OH is 1. The minimum absolute atomic E-state index is 0.0141. The molecule has 0 saturated carbocycles. The van der Waals surface area contributed by atoms with Gasteiger partial charge in [-0.2, -0.15) is 39.5 Å². The second kappa shape index (κ2) is 12.7. The quantitative estimate of drug-likeness (QED) is 0.137. The summed E-state index contributed by atoms with van der Waals surface area (Å²) in [7, 11) is 0. The lowest BCUT2D eigenvalue weighted by Gasteiger charge is -2.40. The zero-order valence-corrected chi connectivity index (χ0v) is 21.4. The zero-order chi connectivity index (χ0) is 29.6. The standard InChI is InChI=1S/C30H29F9O/c31-28(32,33)24-16-8-5-13-21(24)27(19-11-3-1-2-4-12-20-40,22-14-6-9-17-25(22)29(34,35)36)23-15-7-10-18-26(23)30(37,38)39/h5-10,13-18,40H,1-4,11-12,19-20H2. The highest BCUT2D eigenvalue weighted by Gasteiger charge is 2.50. The summed E-state index contributed by atoms with van der Waals surface area (Å²) in [5.74, 6) is 0. The van der Waals surface area contributed by atoms with E-state index in [-0.39, 0.29) is 13.0 Å². The molecule has 0 radical (unpaired) electrons. The van der Waals surface area contributed by atoms with Crippen molar-refractivity contribution in [3.05, 3.63) is 106 Å². The van der Waals surface area contributed by atoms with Crippen molar-refractivity contribution in [1.82, 2.24) is 0 Å². The summed E-state index contributed by atoms with van der Waals surface area (Å²) in [6.07, 6.45) is -12.7. The highest BCUT2D eigenvalue weighted by Crippen LogP contribution is 2.53. The molecule has 10 heteroatoms. The van der Waals surface area contributed by atoms with Gasteiger partial charge in [0.1, 0.15) is 0 Å². The van der Waals surface area contributed by atoms with Crippen molar-refractivity contribution >= 4 is 0 Å². The Morgan fingerprint density at radius 1 is 0.400 bits per heavy atom. The number of alkyl halides is 9. The van der Waals surface area contributed by atoms with Crippen LogP contribution < -0.4 is 0 Å². The minimum Gasteiger partial charge on any atom is -0.396 e. The van der Waals surface area contributed by atoms with Crippen LogP contribution in [0.1, 0.15) is 78.3 Å². The summed E-state index contributed by atoms with van der Waals surface area (Å²) in [6, 6.07) is 11.7. The SMILES string of the molecule is OCCCCCCCCC(c1ccccc1C(F)(F)F)(c1ccccc1C(F)(F)F)c1ccccc1C(F)(F)F. The molecule has 3 aromatic carbocycles. The summed E-state index contributed by atoms with van der Waals surface area (Å²) in [5, 5.41) is 8.95. The van der Waals surface area contributed by atoms with E-state index in [0.717, 1.165) is 36.4 Å². The molecule has 0 aliphatic heterocycles. The van der Waals surface area contributed by atoms with E-state index >= 15 is 0 Å². The highest BCUT2D eigenvalue weighted by molar-refractivity contribution is 5.58. The maximum absolute atomic E-state index is 14.4. The topological polar surface area (TPSA) is 20.2 Å². The Labute approximate surface area is 226 Å². The zero-order valence-electron chi connectivity index (χ0n) is 21.4. The van der Waals surface area contributed by atoms with Crippen molar-refractivity contribution in [2.45, 2.75) is 68.9 Å². The monoisotopic (exact) mass is 576 g/mol. The Morgan fingerprint density at radius 3 is 0.975 bits per heavy atom. The van der Waals surface area contributed by atoms with E-state index < -0.39 is 63.7 Å². The smallest absolute Gasteiger partial charge is 0.396 e. The van der Waals surface area contributed by atoms with Crippen LogP contribution in [0.2, 0.25) is 0 Å². The maximum Gasteiger partial charge on any atom is 0.416 e. The van der Waals surface area contributed by atoms with Crippen molar-refractivity contribution in [2.75, 3.05) is 6.61 Å². The fraction of sp³-hybridized carbons (Fsp3) is 0.400. The Kier molecular flexibility index (Phi) is 9.98. The second-order valence-electron chi connectivity index (χ2n) is 9.63. The number of benzene rings is 3. The maximum atomic E-state index is 14.4. The molecule has 0 unspecified atom stereocenters. The van der Waals surface area contributed by atoms with Crippen molar-refractivity contribution in [1.29, 1.82) is 0 Å². The first kappa shape index (κ1) is 31.5. The fourth-order valence-corrected chi connectivity index (χ4v) is 5.36. The third-order valence-electron chi connectivity index (χ3n) is 7.04. The average molecular weight is 577 g/mol. The predicted octanol–water partition coefficient (Wildman–Crippen LogP) is 9.80. The van der Waals surface area contributed by atoms with Crippen LogP contribution in [0.4, 0.5) is 39.5 Å². The molecule has 40 heavy (non-hydrogen) atoms. The van der Waals surface area contributed by atoms with Gasteiger partial charge in [-0.05, 0) is 47.7 Å². The highest BCUT2D eigenvalue weighted by atomic mass is 19.4. The van der Waals surface area contributed by atoms with E-state index in [0.29, 0.717) is 50.3 Å². The van der Waals surface area contributed by atoms with Gasteiger partial charge in [0, 0.05) is 12.0 Å². The number of hydrogen-bond donors (Lipinski definition) is 1. The van der Waals surface area contributed by atoms with Crippen molar-refractivity contribution in [2.24, 2.45) is 0 Å². The van der Waals surface area contributed by atoms with Gasteiger partial charge in [-0.25, -0.2) is 0 Å². The van der Waals surface area contributed by atoms with Gasteiger partial charge in [0.2, 0.25) is 0 Å². The molecule has 0 aliphatic rings. The molecule has 1 nitrogen and oxygen atoms in total. The first-order valence-corrected chi connectivity index (χ1v) is 12.9. The number of aliphatic hydroxyl groups is 1. The van der Waals surface area contributed by atoms with E-state index in [1.54, 1.807) is 0 Å². The van der Waals surface area contributed by atoms with Gasteiger partial charge in [0.05, 0.1) is 16.7 Å². The molecule has 0 heterocycles. The first-order valence-electron chi connectivity index (χ1n) is 12.9. The van der Waals surface area contributed by atoms with Crippen molar-refractivity contribution in [3.63, 3.8) is 0 Å². The first-order chi connectivity index (χ1) is 18.7. The third kappa shape index (κ3) is 7.00. The lowest BCUT2D eigenvalue weighted by molar-refractivity contribution is -0.139. The molecule has 3 rings (SSSR count). The van der Waals surface area contributed by atoms with Crippen LogP contribution >= 0.6 is 0 Å². The summed E-state index contributed by atoms with van der Waals surface area (Å²) < 4.78 is 129. The number of rotatable bonds is 11. The van der Waals surface area contributed by atoms with E-state index in [1.165, 1.54) is 18.2 Å². The Hall–Kier alpha value is -3.01. The molecule has 1 N–H and O–H groups in total. The average Bonchev–Trinajstić information content (AvgIpc) is 2.89. The van der Waals surface area contributed by atoms with E-state index in [4.69, 9.17) is 5.11 Å². The lowest BCUT2D eigenvalue weighted by atomic mass is 9.63. The number of halogens is 9. The molecule has 0 amide bonds. The molecule has 0 atom stereocenters. The van der Waals surface area contributed by atoms with E-state index in [2.05, 4.69) is 0 Å². The van der Waals surface area contributed by atoms with Gasteiger partial charge in [-0.3, -0.25) is 0 Å². The van der Waals surface area contributed by atoms with Gasteiger partial charge >= 0.3 is 18.5 Å². The van der Waals surface area contributed by atoms with Gasteiger partial charge in [0.25, 0.3) is 0 Å². The lowest BCUT2D eigenvalue weighted by Crippen LogP contribution is -2.36. The number of unbranched alkanes of at least 4 members (excludes halogenated alkanes) is 5.